The highest BCUT2D eigenvalue weighted by Crippen LogP contribution is 2.33. The largest absolute Gasteiger partial charge is 0.299 e. The zero-order chi connectivity index (χ0) is 11.2. The lowest BCUT2D eigenvalue weighted by Crippen LogP contribution is -2.08. The highest BCUT2D eigenvalue weighted by atomic mass is 16.1. The lowest BCUT2D eigenvalue weighted by molar-refractivity contribution is -0.120. The summed E-state index contributed by atoms with van der Waals surface area (Å²) in [6, 6.07) is 0. The van der Waals surface area contributed by atoms with Crippen molar-refractivity contribution in [2.45, 2.75) is 70.6 Å². The number of fused-ring (bicyclic) bond motifs is 1. The minimum atomic E-state index is 0.319. The molecule has 0 aliphatic heterocycles. The predicted octanol–water partition coefficient (Wildman–Crippen LogP) is 4.42. The number of rotatable bonds is 0. The van der Waals surface area contributed by atoms with E-state index in [2.05, 4.69) is 6.08 Å². The van der Waals surface area contributed by atoms with Crippen LogP contribution in [0.4, 0.5) is 0 Å². The quantitative estimate of drug-likeness (QED) is 0.552. The van der Waals surface area contributed by atoms with E-state index in [1.54, 1.807) is 0 Å². The van der Waals surface area contributed by atoms with Gasteiger partial charge in [-0.15, -0.1) is 0 Å². The first-order valence-corrected chi connectivity index (χ1v) is 7.09. The first-order chi connectivity index (χ1) is 7.88. The molecule has 1 heteroatoms. The molecule has 0 bridgehead atoms. The number of Topliss-reactive ketones (excluding diaryl/α,β-unsaturated/α-hetero) is 1. The molecule has 1 fully saturated rings. The fraction of sp³-hybridized carbons (Fsp3) is 0.800. The van der Waals surface area contributed by atoms with Crippen molar-refractivity contribution in [2.24, 2.45) is 5.92 Å². The molecule has 2 aliphatic rings. The normalized spacial score (nSPS) is 28.9. The lowest BCUT2D eigenvalue weighted by Gasteiger charge is -2.12. The molecule has 0 aromatic heterocycles. The van der Waals surface area contributed by atoms with Gasteiger partial charge in [0.1, 0.15) is 5.78 Å². The van der Waals surface area contributed by atoms with Crippen LogP contribution in [0, 0.1) is 5.92 Å². The van der Waals surface area contributed by atoms with E-state index >= 15 is 0 Å². The van der Waals surface area contributed by atoms with Gasteiger partial charge in [-0.3, -0.25) is 4.79 Å². The molecule has 90 valence electrons. The van der Waals surface area contributed by atoms with Crippen LogP contribution in [0.1, 0.15) is 70.6 Å². The second-order valence-corrected chi connectivity index (χ2v) is 5.35. The number of hydrogen-bond donors (Lipinski definition) is 0. The van der Waals surface area contributed by atoms with Gasteiger partial charge < -0.3 is 0 Å². The van der Waals surface area contributed by atoms with E-state index in [1.165, 1.54) is 56.9 Å². The summed E-state index contributed by atoms with van der Waals surface area (Å²) in [6.07, 6.45) is 16.1. The van der Waals surface area contributed by atoms with E-state index in [9.17, 15) is 4.79 Å². The molecule has 0 heterocycles. The second-order valence-electron chi connectivity index (χ2n) is 5.35. The molecule has 1 unspecified atom stereocenters. The minimum absolute atomic E-state index is 0.319. The van der Waals surface area contributed by atoms with E-state index in [1.807, 2.05) is 0 Å². The van der Waals surface area contributed by atoms with Gasteiger partial charge in [0.25, 0.3) is 0 Å². The third-order valence-corrected chi connectivity index (χ3v) is 4.10. The van der Waals surface area contributed by atoms with Crippen LogP contribution in [0.3, 0.4) is 0 Å². The lowest BCUT2D eigenvalue weighted by atomic mass is 9.92. The van der Waals surface area contributed by atoms with E-state index in [-0.39, 0.29) is 0 Å². The van der Waals surface area contributed by atoms with Crippen molar-refractivity contribution >= 4 is 5.78 Å². The Morgan fingerprint density at radius 3 is 2.38 bits per heavy atom. The van der Waals surface area contributed by atoms with Gasteiger partial charge in [0.2, 0.25) is 0 Å². The first kappa shape index (κ1) is 11.9. The summed E-state index contributed by atoms with van der Waals surface area (Å²) in [7, 11) is 0. The molecule has 0 aromatic rings. The standard InChI is InChI=1S/C15H24O/c16-15-12-11-13-9-7-5-3-1-2-4-6-8-10-14(13)15/h9,14H,1-8,10-12H2. The molecule has 1 nitrogen and oxygen atoms in total. The zero-order valence-electron chi connectivity index (χ0n) is 10.3. The Hall–Kier alpha value is -0.590. The minimum Gasteiger partial charge on any atom is -0.299 e. The van der Waals surface area contributed by atoms with E-state index in [0.29, 0.717) is 11.7 Å². The number of allylic oxidation sites excluding steroid dienone is 2. The first-order valence-electron chi connectivity index (χ1n) is 7.09. The summed E-state index contributed by atoms with van der Waals surface area (Å²) in [5.41, 5.74) is 1.48. The van der Waals surface area contributed by atoms with Crippen LogP contribution in [0.25, 0.3) is 0 Å². The van der Waals surface area contributed by atoms with Gasteiger partial charge >= 0.3 is 0 Å². The van der Waals surface area contributed by atoms with Crippen LogP contribution in [0.15, 0.2) is 11.6 Å². The number of hydrogen-bond acceptors (Lipinski definition) is 1. The molecule has 0 saturated heterocycles. The molecule has 2 rings (SSSR count). The fourth-order valence-electron chi connectivity index (χ4n) is 3.08. The van der Waals surface area contributed by atoms with Gasteiger partial charge in [0.05, 0.1) is 0 Å². The fourth-order valence-corrected chi connectivity index (χ4v) is 3.08. The van der Waals surface area contributed by atoms with Crippen molar-refractivity contribution in [3.63, 3.8) is 0 Å². The molecule has 1 saturated carbocycles. The summed E-state index contributed by atoms with van der Waals surface area (Å²) in [6.45, 7) is 0. The van der Waals surface area contributed by atoms with Gasteiger partial charge in [0.15, 0.2) is 0 Å². The van der Waals surface area contributed by atoms with Gasteiger partial charge in [-0.1, -0.05) is 50.2 Å². The topological polar surface area (TPSA) is 17.1 Å². The van der Waals surface area contributed by atoms with Gasteiger partial charge in [0, 0.05) is 12.3 Å². The van der Waals surface area contributed by atoms with E-state index in [4.69, 9.17) is 0 Å². The molecular formula is C15H24O. The number of carbonyl (C=O) groups is 1. The zero-order valence-corrected chi connectivity index (χ0v) is 10.3. The maximum Gasteiger partial charge on any atom is 0.140 e. The molecule has 1 atom stereocenters. The molecule has 0 aromatic carbocycles. The second kappa shape index (κ2) is 6.22. The third-order valence-electron chi connectivity index (χ3n) is 4.10. The average Bonchev–Trinajstić information content (AvgIpc) is 2.60. The van der Waals surface area contributed by atoms with E-state index < -0.39 is 0 Å². The molecule has 0 amide bonds. The van der Waals surface area contributed by atoms with Crippen LogP contribution in [-0.2, 0) is 4.79 Å². The Morgan fingerprint density at radius 2 is 1.56 bits per heavy atom. The third kappa shape index (κ3) is 3.20. The average molecular weight is 220 g/mol. The monoisotopic (exact) mass is 220 g/mol. The highest BCUT2D eigenvalue weighted by molar-refractivity contribution is 5.87. The van der Waals surface area contributed by atoms with Gasteiger partial charge in [-0.25, -0.2) is 0 Å². The summed E-state index contributed by atoms with van der Waals surface area (Å²) < 4.78 is 0. The molecule has 2 aliphatic carbocycles. The summed E-state index contributed by atoms with van der Waals surface area (Å²) in [4.78, 5) is 11.8. The maximum atomic E-state index is 11.8. The van der Waals surface area contributed by atoms with Crippen molar-refractivity contribution in [1.82, 2.24) is 0 Å². The van der Waals surface area contributed by atoms with Crippen molar-refractivity contribution in [1.29, 1.82) is 0 Å². The Balaban J connectivity index is 1.96. The Morgan fingerprint density at radius 1 is 0.875 bits per heavy atom. The molecular weight excluding hydrogens is 196 g/mol. The van der Waals surface area contributed by atoms with Crippen LogP contribution in [-0.4, -0.2) is 5.78 Å². The molecule has 0 N–H and O–H groups in total. The SMILES string of the molecule is O=C1CCC2=CCCCCCCCCCC12. The Kier molecular flexibility index (Phi) is 4.62. The molecule has 16 heavy (non-hydrogen) atoms. The number of ketones is 1. The van der Waals surface area contributed by atoms with E-state index in [0.717, 1.165) is 19.3 Å². The van der Waals surface area contributed by atoms with Crippen molar-refractivity contribution < 1.29 is 4.79 Å². The number of carbonyl (C=O) groups excluding carboxylic acids is 1. The van der Waals surface area contributed by atoms with Crippen molar-refractivity contribution in [2.75, 3.05) is 0 Å². The van der Waals surface area contributed by atoms with Crippen LogP contribution in [0.5, 0.6) is 0 Å². The summed E-state index contributed by atoms with van der Waals surface area (Å²) in [5.74, 6) is 0.836. The molecule has 0 spiro atoms. The predicted molar refractivity (Wildman–Crippen MR) is 67.4 cm³/mol. The van der Waals surface area contributed by atoms with Crippen molar-refractivity contribution in [3.05, 3.63) is 11.6 Å². The van der Waals surface area contributed by atoms with Crippen LogP contribution in [0.2, 0.25) is 0 Å². The maximum absolute atomic E-state index is 11.8. The smallest absolute Gasteiger partial charge is 0.140 e. The van der Waals surface area contributed by atoms with Gasteiger partial charge in [-0.2, -0.15) is 0 Å². The van der Waals surface area contributed by atoms with Crippen molar-refractivity contribution in [3.8, 4) is 0 Å². The Bertz CT molecular complexity index is 265. The Labute approximate surface area is 99.3 Å². The van der Waals surface area contributed by atoms with Crippen LogP contribution >= 0.6 is 0 Å². The highest BCUT2D eigenvalue weighted by Gasteiger charge is 2.28. The summed E-state index contributed by atoms with van der Waals surface area (Å²) >= 11 is 0. The molecule has 0 radical (unpaired) electrons. The van der Waals surface area contributed by atoms with Crippen LogP contribution < -0.4 is 0 Å². The van der Waals surface area contributed by atoms with Gasteiger partial charge in [-0.05, 0) is 25.7 Å². The summed E-state index contributed by atoms with van der Waals surface area (Å²) in [5, 5.41) is 0.